The Morgan fingerprint density at radius 3 is 2.27 bits per heavy atom. The van der Waals surface area contributed by atoms with Gasteiger partial charge in [0, 0.05) is 21.5 Å². The van der Waals surface area contributed by atoms with Crippen molar-refractivity contribution in [3.05, 3.63) is 88.9 Å². The van der Waals surface area contributed by atoms with Gasteiger partial charge in [0.1, 0.15) is 5.82 Å². The molecule has 0 saturated carbocycles. The molecule has 0 aliphatic rings. The Hall–Kier alpha value is -2.72. The highest BCUT2D eigenvalue weighted by Gasteiger charge is 2.13. The molecule has 0 aliphatic heterocycles. The van der Waals surface area contributed by atoms with Crippen LogP contribution in [0.25, 0.3) is 22.3 Å². The number of hydrogen-bond acceptors (Lipinski definition) is 3. The van der Waals surface area contributed by atoms with E-state index in [4.69, 9.17) is 9.97 Å². The fourth-order valence-corrected chi connectivity index (χ4v) is 3.32. The lowest BCUT2D eigenvalue weighted by atomic mass is 10.1. The zero-order valence-electron chi connectivity index (χ0n) is 14.4. The van der Waals surface area contributed by atoms with Gasteiger partial charge in [-0.1, -0.05) is 76.6 Å². The average Bonchev–Trinajstić information content (AvgIpc) is 2.69. The SMILES string of the molecule is CC(Nc1nc(-c2ccccc2)nc2ccc(Br)cc12)c1ccccc1. The molecule has 3 aromatic carbocycles. The molecule has 0 amide bonds. The maximum absolute atomic E-state index is 4.83. The summed E-state index contributed by atoms with van der Waals surface area (Å²) in [5.41, 5.74) is 3.15. The third-order valence-corrected chi connectivity index (χ3v) is 4.84. The van der Waals surface area contributed by atoms with E-state index in [-0.39, 0.29) is 6.04 Å². The van der Waals surface area contributed by atoms with Crippen molar-refractivity contribution >= 4 is 32.7 Å². The Labute approximate surface area is 161 Å². The molecule has 0 saturated heterocycles. The molecule has 1 heterocycles. The number of aromatic nitrogens is 2. The predicted molar refractivity (Wildman–Crippen MR) is 111 cm³/mol. The number of benzene rings is 3. The Morgan fingerprint density at radius 1 is 0.846 bits per heavy atom. The fraction of sp³-hybridized carbons (Fsp3) is 0.0909. The number of nitrogens with zero attached hydrogens (tertiary/aromatic N) is 2. The third-order valence-electron chi connectivity index (χ3n) is 4.34. The first-order chi connectivity index (χ1) is 12.7. The van der Waals surface area contributed by atoms with Gasteiger partial charge in [-0.3, -0.25) is 0 Å². The van der Waals surface area contributed by atoms with E-state index in [1.165, 1.54) is 5.56 Å². The summed E-state index contributed by atoms with van der Waals surface area (Å²) in [6, 6.07) is 26.7. The van der Waals surface area contributed by atoms with Crippen molar-refractivity contribution in [1.29, 1.82) is 0 Å². The molecule has 1 aromatic heterocycles. The Morgan fingerprint density at radius 2 is 1.54 bits per heavy atom. The molecule has 0 radical (unpaired) electrons. The summed E-state index contributed by atoms with van der Waals surface area (Å²) in [5, 5.41) is 4.57. The van der Waals surface area contributed by atoms with Crippen LogP contribution in [0.3, 0.4) is 0 Å². The highest BCUT2D eigenvalue weighted by Crippen LogP contribution is 2.29. The van der Waals surface area contributed by atoms with Gasteiger partial charge in [-0.05, 0) is 30.7 Å². The minimum absolute atomic E-state index is 0.136. The number of halogens is 1. The summed E-state index contributed by atoms with van der Waals surface area (Å²) >= 11 is 3.56. The molecule has 3 nitrogen and oxygen atoms in total. The standard InChI is InChI=1S/C22H18BrN3/c1-15(16-8-4-2-5-9-16)24-22-19-14-18(23)12-13-20(19)25-21(26-22)17-10-6-3-7-11-17/h2-15H,1H3,(H,24,25,26). The normalized spacial score (nSPS) is 12.1. The number of hydrogen-bond donors (Lipinski definition) is 1. The predicted octanol–water partition coefficient (Wildman–Crippen LogP) is 6.23. The number of nitrogens with one attached hydrogen (secondary N) is 1. The highest BCUT2D eigenvalue weighted by molar-refractivity contribution is 9.10. The maximum atomic E-state index is 4.83. The van der Waals surface area contributed by atoms with Gasteiger partial charge in [0.15, 0.2) is 5.82 Å². The first-order valence-corrected chi connectivity index (χ1v) is 9.34. The van der Waals surface area contributed by atoms with Crippen molar-refractivity contribution in [2.45, 2.75) is 13.0 Å². The topological polar surface area (TPSA) is 37.8 Å². The Balaban J connectivity index is 1.82. The molecular weight excluding hydrogens is 386 g/mol. The van der Waals surface area contributed by atoms with Crippen molar-refractivity contribution < 1.29 is 0 Å². The van der Waals surface area contributed by atoms with Crippen LogP contribution in [0.5, 0.6) is 0 Å². The van der Waals surface area contributed by atoms with Crippen LogP contribution in [0.15, 0.2) is 83.3 Å². The van der Waals surface area contributed by atoms with E-state index >= 15 is 0 Å². The number of rotatable bonds is 4. The van der Waals surface area contributed by atoms with Crippen molar-refractivity contribution in [2.75, 3.05) is 5.32 Å². The molecule has 26 heavy (non-hydrogen) atoms. The molecule has 1 N–H and O–H groups in total. The van der Waals surface area contributed by atoms with Crippen LogP contribution in [-0.2, 0) is 0 Å². The molecular formula is C22H18BrN3. The first kappa shape index (κ1) is 16.7. The minimum atomic E-state index is 0.136. The molecule has 0 fully saturated rings. The van der Waals surface area contributed by atoms with E-state index in [9.17, 15) is 0 Å². The van der Waals surface area contributed by atoms with Gasteiger partial charge in [0.05, 0.1) is 5.52 Å². The molecule has 0 aliphatic carbocycles. The van der Waals surface area contributed by atoms with E-state index in [0.717, 1.165) is 32.6 Å². The van der Waals surface area contributed by atoms with E-state index < -0.39 is 0 Å². The van der Waals surface area contributed by atoms with Crippen molar-refractivity contribution in [3.63, 3.8) is 0 Å². The molecule has 1 atom stereocenters. The molecule has 128 valence electrons. The molecule has 0 spiro atoms. The number of fused-ring (bicyclic) bond motifs is 1. The number of anilines is 1. The summed E-state index contributed by atoms with van der Waals surface area (Å²) in [4.78, 5) is 9.59. The molecule has 4 heteroatoms. The largest absolute Gasteiger partial charge is 0.363 e. The van der Waals surface area contributed by atoms with Crippen LogP contribution in [0.2, 0.25) is 0 Å². The van der Waals surface area contributed by atoms with Crippen LogP contribution in [0.4, 0.5) is 5.82 Å². The molecule has 0 bridgehead atoms. The van der Waals surface area contributed by atoms with Crippen LogP contribution in [0.1, 0.15) is 18.5 Å². The van der Waals surface area contributed by atoms with Crippen molar-refractivity contribution in [3.8, 4) is 11.4 Å². The quantitative estimate of drug-likeness (QED) is 0.438. The average molecular weight is 404 g/mol. The lowest BCUT2D eigenvalue weighted by Crippen LogP contribution is -2.09. The van der Waals surface area contributed by atoms with E-state index in [0.29, 0.717) is 0 Å². The zero-order valence-corrected chi connectivity index (χ0v) is 15.9. The van der Waals surface area contributed by atoms with Gasteiger partial charge in [-0.25, -0.2) is 9.97 Å². The monoisotopic (exact) mass is 403 g/mol. The van der Waals surface area contributed by atoms with Gasteiger partial charge in [-0.2, -0.15) is 0 Å². The fourth-order valence-electron chi connectivity index (χ4n) is 2.96. The van der Waals surface area contributed by atoms with Crippen LogP contribution >= 0.6 is 15.9 Å². The smallest absolute Gasteiger partial charge is 0.162 e. The van der Waals surface area contributed by atoms with E-state index in [1.807, 2.05) is 48.5 Å². The van der Waals surface area contributed by atoms with Gasteiger partial charge >= 0.3 is 0 Å². The summed E-state index contributed by atoms with van der Waals surface area (Å²) in [5.74, 6) is 1.56. The van der Waals surface area contributed by atoms with Crippen LogP contribution < -0.4 is 5.32 Å². The van der Waals surface area contributed by atoms with Crippen molar-refractivity contribution in [2.24, 2.45) is 0 Å². The van der Waals surface area contributed by atoms with E-state index in [1.54, 1.807) is 0 Å². The summed E-state index contributed by atoms with van der Waals surface area (Å²) in [6.45, 7) is 2.14. The lowest BCUT2D eigenvalue weighted by Gasteiger charge is -2.17. The second kappa shape index (κ2) is 7.26. The molecule has 1 unspecified atom stereocenters. The summed E-state index contributed by atoms with van der Waals surface area (Å²) < 4.78 is 1.01. The van der Waals surface area contributed by atoms with Crippen LogP contribution in [0, 0.1) is 0 Å². The lowest BCUT2D eigenvalue weighted by molar-refractivity contribution is 0.876. The second-order valence-corrected chi connectivity index (χ2v) is 7.12. The Bertz CT molecular complexity index is 1030. The van der Waals surface area contributed by atoms with Gasteiger partial charge in [0.25, 0.3) is 0 Å². The maximum Gasteiger partial charge on any atom is 0.162 e. The van der Waals surface area contributed by atoms with Gasteiger partial charge in [0.2, 0.25) is 0 Å². The van der Waals surface area contributed by atoms with Crippen molar-refractivity contribution in [1.82, 2.24) is 9.97 Å². The highest BCUT2D eigenvalue weighted by atomic mass is 79.9. The molecule has 4 rings (SSSR count). The third kappa shape index (κ3) is 3.46. The first-order valence-electron chi connectivity index (χ1n) is 8.55. The van der Waals surface area contributed by atoms with Gasteiger partial charge < -0.3 is 5.32 Å². The zero-order chi connectivity index (χ0) is 17.9. The minimum Gasteiger partial charge on any atom is -0.363 e. The molecule has 4 aromatic rings. The van der Waals surface area contributed by atoms with E-state index in [2.05, 4.69) is 58.5 Å². The summed E-state index contributed by atoms with van der Waals surface area (Å²) in [7, 11) is 0. The Kier molecular flexibility index (Phi) is 4.67. The van der Waals surface area contributed by atoms with Crippen LogP contribution in [-0.4, -0.2) is 9.97 Å². The van der Waals surface area contributed by atoms with Gasteiger partial charge in [-0.15, -0.1) is 0 Å². The second-order valence-electron chi connectivity index (χ2n) is 6.20. The summed E-state index contributed by atoms with van der Waals surface area (Å²) in [6.07, 6.45) is 0.